The van der Waals surface area contributed by atoms with Gasteiger partial charge in [-0.2, -0.15) is 0 Å². The van der Waals surface area contributed by atoms with E-state index >= 15 is 0 Å². The summed E-state index contributed by atoms with van der Waals surface area (Å²) >= 11 is 1.13. The van der Waals surface area contributed by atoms with E-state index < -0.39 is 9.84 Å². The van der Waals surface area contributed by atoms with Crippen molar-refractivity contribution in [1.82, 2.24) is 15.5 Å². The minimum absolute atomic E-state index is 0.0153. The van der Waals surface area contributed by atoms with E-state index in [1.54, 1.807) is 0 Å². The van der Waals surface area contributed by atoms with Crippen LogP contribution in [0, 0.1) is 6.92 Å². The predicted octanol–water partition coefficient (Wildman–Crippen LogP) is 1.44. The summed E-state index contributed by atoms with van der Waals surface area (Å²) < 4.78 is 28.3. The molecule has 0 saturated carbocycles. The van der Waals surface area contributed by atoms with E-state index in [-0.39, 0.29) is 29.2 Å². The molecule has 3 rings (SSSR count). The largest absolute Gasteiger partial charge is 0.411 e. The molecule has 1 aromatic heterocycles. The Morgan fingerprint density at radius 2 is 2.17 bits per heavy atom. The number of hydrogen-bond donors (Lipinski definition) is 1. The van der Waals surface area contributed by atoms with Gasteiger partial charge in [0.15, 0.2) is 9.84 Å². The van der Waals surface area contributed by atoms with Crippen LogP contribution in [-0.2, 0) is 14.6 Å². The molecule has 24 heavy (non-hydrogen) atoms. The Morgan fingerprint density at radius 1 is 1.38 bits per heavy atom. The smallest absolute Gasteiger partial charge is 0.277 e. The van der Waals surface area contributed by atoms with Crippen molar-refractivity contribution in [3.05, 3.63) is 29.8 Å². The summed E-state index contributed by atoms with van der Waals surface area (Å²) in [5.74, 6) is 0.428. The third kappa shape index (κ3) is 4.15. The lowest BCUT2D eigenvalue weighted by Gasteiger charge is -2.09. The number of rotatable bonds is 5. The van der Waals surface area contributed by atoms with Gasteiger partial charge < -0.3 is 9.73 Å². The van der Waals surface area contributed by atoms with E-state index in [1.165, 1.54) is 0 Å². The highest BCUT2D eigenvalue weighted by Gasteiger charge is 2.28. The molecule has 1 aromatic carbocycles. The second kappa shape index (κ2) is 6.94. The topological polar surface area (TPSA) is 102 Å². The second-order valence-electron chi connectivity index (χ2n) is 5.64. The average Bonchev–Trinajstić information content (AvgIpc) is 3.12. The highest BCUT2D eigenvalue weighted by Crippen LogP contribution is 2.25. The van der Waals surface area contributed by atoms with Gasteiger partial charge in [-0.05, 0) is 25.0 Å². The Balaban J connectivity index is 1.54. The van der Waals surface area contributed by atoms with Crippen LogP contribution >= 0.6 is 11.8 Å². The van der Waals surface area contributed by atoms with Crippen LogP contribution in [0.5, 0.6) is 0 Å². The maximum atomic E-state index is 11.9. The van der Waals surface area contributed by atoms with Crippen molar-refractivity contribution < 1.29 is 17.6 Å². The van der Waals surface area contributed by atoms with Crippen LogP contribution in [-0.4, -0.2) is 47.8 Å². The number of nitrogens with one attached hydrogen (secondary N) is 1. The van der Waals surface area contributed by atoms with Crippen molar-refractivity contribution in [3.63, 3.8) is 0 Å². The molecule has 0 spiro atoms. The number of carbonyl (C=O) groups excluding carboxylic acids is 1. The normalized spacial score (nSPS) is 19.3. The molecule has 1 amide bonds. The molecule has 1 N–H and O–H groups in total. The molecule has 1 aliphatic heterocycles. The third-order valence-corrected chi connectivity index (χ3v) is 6.29. The van der Waals surface area contributed by atoms with E-state index in [4.69, 9.17) is 4.42 Å². The Kier molecular flexibility index (Phi) is 4.91. The van der Waals surface area contributed by atoms with Crippen LogP contribution in [0.3, 0.4) is 0 Å². The molecule has 9 heteroatoms. The van der Waals surface area contributed by atoms with Gasteiger partial charge in [-0.25, -0.2) is 8.42 Å². The molecule has 2 aromatic rings. The molecule has 0 aliphatic carbocycles. The maximum Gasteiger partial charge on any atom is 0.277 e. The van der Waals surface area contributed by atoms with E-state index in [2.05, 4.69) is 15.5 Å². The summed E-state index contributed by atoms with van der Waals surface area (Å²) in [7, 11) is -3.00. The zero-order valence-electron chi connectivity index (χ0n) is 13.1. The lowest BCUT2D eigenvalue weighted by Crippen LogP contribution is -2.36. The van der Waals surface area contributed by atoms with Crippen LogP contribution in [0.2, 0.25) is 0 Å². The molecule has 1 fully saturated rings. The Bertz CT molecular complexity index is 848. The number of amides is 1. The molecule has 2 heterocycles. The first-order valence-corrected chi connectivity index (χ1v) is 10.3. The first-order valence-electron chi connectivity index (χ1n) is 7.45. The van der Waals surface area contributed by atoms with Crippen LogP contribution in [0.15, 0.2) is 33.9 Å². The number of aryl methyl sites for hydroxylation is 1. The summed E-state index contributed by atoms with van der Waals surface area (Å²) in [6.07, 6.45) is 0.469. The summed E-state index contributed by atoms with van der Waals surface area (Å²) in [4.78, 5) is 11.9. The Labute approximate surface area is 144 Å². The van der Waals surface area contributed by atoms with Gasteiger partial charge in [-0.15, -0.1) is 10.2 Å². The van der Waals surface area contributed by atoms with Gasteiger partial charge in [-0.3, -0.25) is 4.79 Å². The van der Waals surface area contributed by atoms with Crippen LogP contribution in [0.1, 0.15) is 12.0 Å². The van der Waals surface area contributed by atoms with Gasteiger partial charge >= 0.3 is 0 Å². The average molecular weight is 367 g/mol. The first-order chi connectivity index (χ1) is 11.4. The van der Waals surface area contributed by atoms with Gasteiger partial charge in [0.1, 0.15) is 0 Å². The number of sulfone groups is 1. The number of aromatic nitrogens is 2. The van der Waals surface area contributed by atoms with Crippen molar-refractivity contribution in [3.8, 4) is 11.5 Å². The lowest BCUT2D eigenvalue weighted by molar-refractivity contribution is -0.119. The van der Waals surface area contributed by atoms with Gasteiger partial charge in [0.25, 0.3) is 5.22 Å². The molecule has 0 bridgehead atoms. The lowest BCUT2D eigenvalue weighted by atomic mass is 10.1. The van der Waals surface area contributed by atoms with Crippen molar-refractivity contribution in [2.24, 2.45) is 0 Å². The maximum absolute atomic E-state index is 11.9. The number of benzene rings is 1. The minimum Gasteiger partial charge on any atom is -0.411 e. The fourth-order valence-corrected chi connectivity index (χ4v) is 4.74. The molecular weight excluding hydrogens is 350 g/mol. The zero-order valence-corrected chi connectivity index (χ0v) is 14.7. The van der Waals surface area contributed by atoms with Gasteiger partial charge in [-0.1, -0.05) is 30.0 Å². The fraction of sp³-hybridized carbons (Fsp3) is 0.400. The van der Waals surface area contributed by atoms with Crippen LogP contribution < -0.4 is 5.32 Å². The Hall–Kier alpha value is -1.87. The van der Waals surface area contributed by atoms with Crippen LogP contribution in [0.4, 0.5) is 0 Å². The van der Waals surface area contributed by atoms with Gasteiger partial charge in [0, 0.05) is 11.6 Å². The first kappa shape index (κ1) is 17.0. The molecule has 1 atom stereocenters. The quantitative estimate of drug-likeness (QED) is 0.798. The zero-order chi connectivity index (χ0) is 17.2. The minimum atomic E-state index is -3.00. The Morgan fingerprint density at radius 3 is 2.88 bits per heavy atom. The fourth-order valence-electron chi connectivity index (χ4n) is 2.50. The third-order valence-electron chi connectivity index (χ3n) is 3.71. The SMILES string of the molecule is Cc1ccccc1-c1nnc(SCC(=O)N[C@@H]2CCS(=O)(=O)C2)o1. The standard InChI is InChI=1S/C15H17N3O4S2/c1-10-4-2-3-5-12(10)14-17-18-15(22-14)23-8-13(19)16-11-6-7-24(20,21)9-11/h2-5,11H,6-9H2,1H3,(H,16,19)/t11-/m1/s1. The van der Waals surface area contributed by atoms with Crippen molar-refractivity contribution in [1.29, 1.82) is 0 Å². The number of thioether (sulfide) groups is 1. The number of carbonyl (C=O) groups is 1. The van der Waals surface area contributed by atoms with E-state index in [0.29, 0.717) is 17.5 Å². The molecule has 0 radical (unpaired) electrons. The summed E-state index contributed by atoms with van der Waals surface area (Å²) in [5, 5.41) is 11.0. The van der Waals surface area contributed by atoms with E-state index in [0.717, 1.165) is 22.9 Å². The van der Waals surface area contributed by atoms with Crippen molar-refractivity contribution in [2.45, 2.75) is 24.6 Å². The monoisotopic (exact) mass is 367 g/mol. The molecule has 1 saturated heterocycles. The van der Waals surface area contributed by atoms with Gasteiger partial charge in [0.2, 0.25) is 11.8 Å². The summed E-state index contributed by atoms with van der Waals surface area (Å²) in [6, 6.07) is 7.37. The number of nitrogens with zero attached hydrogens (tertiary/aromatic N) is 2. The van der Waals surface area contributed by atoms with Crippen molar-refractivity contribution >= 4 is 27.5 Å². The molecular formula is C15H17N3O4S2. The molecule has 128 valence electrons. The van der Waals surface area contributed by atoms with E-state index in [9.17, 15) is 13.2 Å². The van der Waals surface area contributed by atoms with Crippen LogP contribution in [0.25, 0.3) is 11.5 Å². The highest BCUT2D eigenvalue weighted by atomic mass is 32.2. The number of hydrogen-bond acceptors (Lipinski definition) is 7. The molecule has 1 aliphatic rings. The second-order valence-corrected chi connectivity index (χ2v) is 8.80. The summed E-state index contributed by atoms with van der Waals surface area (Å²) in [5.41, 5.74) is 1.88. The molecule has 0 unspecified atom stereocenters. The molecule has 7 nitrogen and oxygen atoms in total. The summed E-state index contributed by atoms with van der Waals surface area (Å²) in [6.45, 7) is 1.95. The predicted molar refractivity (Wildman–Crippen MR) is 90.4 cm³/mol. The van der Waals surface area contributed by atoms with E-state index in [1.807, 2.05) is 31.2 Å². The van der Waals surface area contributed by atoms with Gasteiger partial charge in [0.05, 0.1) is 17.3 Å². The van der Waals surface area contributed by atoms with Crippen molar-refractivity contribution in [2.75, 3.05) is 17.3 Å². The highest BCUT2D eigenvalue weighted by molar-refractivity contribution is 7.99.